The van der Waals surface area contributed by atoms with E-state index in [9.17, 15) is 60.3 Å². The first-order chi connectivity index (χ1) is 65.1. The number of fused-ring (bicyclic) bond motifs is 16. The second kappa shape index (κ2) is 41.3. The van der Waals surface area contributed by atoms with Crippen molar-refractivity contribution in [1.82, 2.24) is 47.9 Å². The average molecular weight is 1950 g/mol. The largest absolute Gasteiger partial charge is 0.493 e. The standard InChI is InChI=1S/C97H124Cl2N12O26/c1-11-45(12-2)15-13-23-131-65-20-17-52(130-24-14-22-102-9)36-61(65)105-94(127)107-70(115)37-63-89(123)109-76-47-29-67(84(137-93-85(82(119)81(118)69(40-112)135-93)136-72-39-95(8,101)86(120)44(7)132-72)68(30-47)134-83-42(5)26-48(28-60(83)98)80(117)79(92(126)104-63)111-88(122)62(103-10)25-41(3)4)133-66-21-18-53(43(6)74(66)99)64(114)38-71(116)106-77(91(125)110-78-58-32-49-31-50-33-59(78)96(49,50)58)55-34-51(113)35-57-73(55)54-27-46(16-19-56(54)97(57,128)129)75(87(100)121)108-90(76)124/h11,16-21,26-30,34,36,41,43-45,49-51,58-59,62-64,69,72,74-82,85-86,93,102-103,112-114,117-120,128-129H,1,12-15,22-25,31-33,35,37-40,101H2,2-10H3,(H2,100,121)(H,104,126)(H,106,116)(H,108,124)(H,109,123)(H,110,125)(H,111,122)(H2,105,107,115,127). The lowest BCUT2D eigenvalue weighted by molar-refractivity contribution is -0.390. The van der Waals surface area contributed by atoms with E-state index < -0.39 is 228 Å². The van der Waals surface area contributed by atoms with E-state index in [2.05, 4.69) is 59.7 Å². The van der Waals surface area contributed by atoms with Gasteiger partial charge in [0.05, 0.1) is 79.2 Å². The Kier molecular flexibility index (Phi) is 30.5. The third-order valence-corrected chi connectivity index (χ3v) is 29.9. The molecule has 6 fully saturated rings. The number of carbonyl (C=O) groups excluding carboxylic acids is 9. The number of hydrogen-bond donors (Lipinski definition) is 21. The van der Waals surface area contributed by atoms with Gasteiger partial charge in [0, 0.05) is 47.5 Å². The smallest absolute Gasteiger partial charge is 0.325 e. The Labute approximate surface area is 801 Å². The summed E-state index contributed by atoms with van der Waals surface area (Å²) in [5, 5.41) is 134. The van der Waals surface area contributed by atoms with E-state index in [4.69, 9.17) is 72.6 Å². The van der Waals surface area contributed by atoms with Crippen LogP contribution < -0.4 is 88.3 Å². The molecule has 137 heavy (non-hydrogen) atoms. The number of aryl methyl sites for hydroxylation is 1. The van der Waals surface area contributed by atoms with E-state index in [1.54, 1.807) is 26.1 Å². The second-order valence-corrected chi connectivity index (χ2v) is 39.5. The van der Waals surface area contributed by atoms with Gasteiger partial charge in [0.15, 0.2) is 23.9 Å². The van der Waals surface area contributed by atoms with E-state index in [1.807, 2.05) is 26.8 Å². The number of carbonyl (C=O) groups is 9. The van der Waals surface area contributed by atoms with Gasteiger partial charge in [-0.2, -0.15) is 0 Å². The Morgan fingerprint density at radius 2 is 1.53 bits per heavy atom. The molecule has 0 radical (unpaired) electrons. The predicted octanol–water partition coefficient (Wildman–Crippen LogP) is 3.56. The van der Waals surface area contributed by atoms with Crippen LogP contribution >= 0.6 is 23.2 Å². The van der Waals surface area contributed by atoms with Gasteiger partial charge in [-0.3, -0.25) is 43.7 Å². The molecule has 25 unspecified atom stereocenters. The molecule has 1 spiro atoms. The summed E-state index contributed by atoms with van der Waals surface area (Å²) in [7, 11) is 3.26. The minimum Gasteiger partial charge on any atom is -0.493 e. The molecular weight excluding hydrogens is 1820 g/mol. The molecule has 4 saturated carbocycles. The minimum atomic E-state index is -2.95. The predicted molar refractivity (Wildman–Crippen MR) is 495 cm³/mol. The third kappa shape index (κ3) is 20.2. The van der Waals surface area contributed by atoms with Gasteiger partial charge >= 0.3 is 6.03 Å². The van der Waals surface area contributed by atoms with E-state index in [1.165, 1.54) is 76.4 Å². The number of allylic oxidation sites excluding steroid dienone is 4. The molecule has 0 aromatic heterocycles. The Balaban J connectivity index is 0.900. The SMILES string of the molecule is C=CC(CC)CCCOc1ccc(OCCCNC)cc1NC(=O)NC(=O)CC1NC(=O)C(NC(=O)C(CC(C)C)NC)C(O)c2cc(C)c(c(Cl)c2)Oc2cc3cc(c2OC2OC(CO)C(O)C(O)C2OC2CC(C)(N)C(O)C(C)O2)OC2=CC=C(C(O)CC(=O)NC(C(=O)NC4C5CC6CC7CC4C675)C4=CC(O)CC5=C4c4cc(ccc4C5(O)O)C(C(N)=O)NC(=O)C3NC1=O)C(C)C2Cl. The van der Waals surface area contributed by atoms with Gasteiger partial charge in [0.1, 0.15) is 77.6 Å². The van der Waals surface area contributed by atoms with E-state index in [0.717, 1.165) is 50.3 Å². The van der Waals surface area contributed by atoms with Crippen molar-refractivity contribution in [3.8, 4) is 34.5 Å². The molecule has 17 rings (SSSR count). The maximum atomic E-state index is 16.7. The lowest BCUT2D eigenvalue weighted by atomic mass is 9.17. The maximum Gasteiger partial charge on any atom is 0.325 e. The molecule has 6 aliphatic heterocycles. The molecule has 38 nitrogen and oxygen atoms in total. The van der Waals surface area contributed by atoms with Crippen LogP contribution in [0.1, 0.15) is 170 Å². The number of benzene rings is 4. The molecule has 13 aliphatic rings. The number of nitrogens with two attached hydrogens (primary N) is 2. The zero-order chi connectivity index (χ0) is 98.6. The number of urea groups is 1. The number of rotatable bonds is 28. The number of anilines is 1. The van der Waals surface area contributed by atoms with Gasteiger partial charge in [-0.05, 0) is 233 Å². The van der Waals surface area contributed by atoms with E-state index in [0.29, 0.717) is 37.0 Å². The molecule has 2 saturated heterocycles. The molecule has 4 aromatic carbocycles. The van der Waals surface area contributed by atoms with E-state index >= 15 is 28.8 Å². The number of halogens is 2. The van der Waals surface area contributed by atoms with Crippen LogP contribution in [-0.2, 0) is 58.4 Å². The van der Waals surface area contributed by atoms with Crippen molar-refractivity contribution >= 4 is 87.8 Å². The number of alkyl halides is 1. The number of aliphatic hydroxyl groups is 9. The summed E-state index contributed by atoms with van der Waals surface area (Å²) < 4.78 is 52.0. The molecule has 742 valence electrons. The number of nitrogens with one attached hydrogen (secondary N) is 10. The number of hydrogen-bond acceptors (Lipinski definition) is 29. The topological polar surface area (TPSA) is 582 Å². The Bertz CT molecular complexity index is 5430. The quantitative estimate of drug-likeness (QED) is 0.0167. The first-order valence-electron chi connectivity index (χ1n) is 46.7. The lowest BCUT2D eigenvalue weighted by Crippen LogP contribution is -2.88. The summed E-state index contributed by atoms with van der Waals surface area (Å²) in [5.74, 6) is -14.0. The van der Waals surface area contributed by atoms with Crippen LogP contribution in [-0.4, -0.2) is 242 Å². The van der Waals surface area contributed by atoms with Crippen LogP contribution in [0.25, 0.3) is 5.57 Å². The highest BCUT2D eigenvalue weighted by atomic mass is 35.5. The summed E-state index contributed by atoms with van der Waals surface area (Å²) >= 11 is 15.0. The third-order valence-electron chi connectivity index (χ3n) is 29.1. The molecular formula is C97H124Cl2N12O26. The zero-order valence-corrected chi connectivity index (χ0v) is 79.0. The van der Waals surface area contributed by atoms with Crippen molar-refractivity contribution < 1.29 is 127 Å². The van der Waals surface area contributed by atoms with Crippen LogP contribution in [0.3, 0.4) is 0 Å². The van der Waals surface area contributed by atoms with Gasteiger partial charge < -0.3 is 143 Å². The van der Waals surface area contributed by atoms with Gasteiger partial charge in [-0.1, -0.05) is 63.6 Å². The molecule has 10 amide bonds. The van der Waals surface area contributed by atoms with Crippen LogP contribution in [0.5, 0.6) is 34.5 Å². The minimum absolute atomic E-state index is 0.0192. The summed E-state index contributed by atoms with van der Waals surface area (Å²) in [6, 6.07) is -0.404. The number of imide groups is 1. The fourth-order valence-corrected chi connectivity index (χ4v) is 22.4. The fourth-order valence-electron chi connectivity index (χ4n) is 21.8. The van der Waals surface area contributed by atoms with Crippen LogP contribution in [0, 0.1) is 53.8 Å². The van der Waals surface area contributed by atoms with Crippen molar-refractivity contribution in [1.29, 1.82) is 0 Å². The van der Waals surface area contributed by atoms with Gasteiger partial charge in [-0.25, -0.2) is 4.79 Å². The second-order valence-electron chi connectivity index (χ2n) is 38.6. The van der Waals surface area contributed by atoms with Crippen molar-refractivity contribution in [2.75, 3.05) is 45.8 Å². The highest BCUT2D eigenvalue weighted by Gasteiger charge is 2.85. The Hall–Kier alpha value is -10.2. The number of aliphatic hydroxyl groups excluding tert-OH is 7. The van der Waals surface area contributed by atoms with Crippen molar-refractivity contribution in [2.45, 2.75) is 252 Å². The van der Waals surface area contributed by atoms with Gasteiger partial charge in [0.25, 0.3) is 0 Å². The summed E-state index contributed by atoms with van der Waals surface area (Å²) in [6.45, 7) is 15.7. The van der Waals surface area contributed by atoms with Crippen molar-refractivity contribution in [3.63, 3.8) is 0 Å². The molecule has 7 aliphatic carbocycles. The Morgan fingerprint density at radius 1 is 0.803 bits per heavy atom. The molecule has 4 aromatic rings. The number of amides is 10. The molecule has 40 heteroatoms. The molecule has 23 N–H and O–H groups in total. The van der Waals surface area contributed by atoms with Gasteiger partial charge in [-0.15, -0.1) is 18.2 Å². The van der Waals surface area contributed by atoms with Crippen LogP contribution in [0.15, 0.2) is 114 Å². The molecule has 6 heterocycles. The number of likely N-dealkylation sites (N-methyl/N-ethyl adjacent to an activating group) is 1. The highest BCUT2D eigenvalue weighted by Crippen LogP contribution is 2.87. The summed E-state index contributed by atoms with van der Waals surface area (Å²) in [6.07, 6.45) is -10.0. The summed E-state index contributed by atoms with van der Waals surface area (Å²) in [5.41, 5.74) is 10.2. The molecule has 9 bridgehead atoms. The number of primary amides is 1. The monoisotopic (exact) mass is 1940 g/mol. The average Bonchev–Trinajstić information content (AvgIpc) is 0.921. The fraction of sp³-hybridized carbons (Fsp3) is 0.557. The van der Waals surface area contributed by atoms with Crippen LogP contribution in [0.2, 0.25) is 5.02 Å². The normalized spacial score (nSPS) is 32.7. The zero-order valence-electron chi connectivity index (χ0n) is 77.5. The van der Waals surface area contributed by atoms with Gasteiger partial charge in [0.2, 0.25) is 65.1 Å². The number of ether oxygens (including phenoxy) is 8. The Morgan fingerprint density at radius 3 is 2.19 bits per heavy atom. The van der Waals surface area contributed by atoms with Crippen molar-refractivity contribution in [2.24, 2.45) is 58.3 Å². The first kappa shape index (κ1) is 101. The first-order valence-corrected chi connectivity index (χ1v) is 47.5. The lowest BCUT2D eigenvalue weighted by Gasteiger charge is -2.88. The highest BCUT2D eigenvalue weighted by molar-refractivity contribution is 6.32. The maximum absolute atomic E-state index is 16.7. The van der Waals surface area contributed by atoms with Crippen LogP contribution in [0.4, 0.5) is 10.5 Å². The molecule has 25 atom stereocenters. The van der Waals surface area contributed by atoms with Crippen molar-refractivity contribution in [3.05, 3.63) is 152 Å². The van der Waals surface area contributed by atoms with E-state index in [-0.39, 0.29) is 139 Å². The summed E-state index contributed by atoms with van der Waals surface area (Å²) in [4.78, 5) is 139.